The van der Waals surface area contributed by atoms with E-state index < -0.39 is 33.0 Å². The van der Waals surface area contributed by atoms with E-state index in [4.69, 9.17) is 12.2 Å². The number of halogens is 3. The molecule has 2 N–H and O–H groups in total. The number of rotatable bonds is 4. The molecular formula is C14H9F3N4O4S. The zero-order chi connectivity index (χ0) is 19.5. The quantitative estimate of drug-likeness (QED) is 0.457. The van der Waals surface area contributed by atoms with Crippen molar-refractivity contribution in [3.8, 4) is 0 Å². The number of nitro groups is 2. The fourth-order valence-electron chi connectivity index (χ4n) is 1.94. The van der Waals surface area contributed by atoms with Crippen LogP contribution < -0.4 is 10.6 Å². The van der Waals surface area contributed by atoms with Crippen LogP contribution in [-0.4, -0.2) is 15.0 Å². The molecule has 0 saturated heterocycles. The molecule has 26 heavy (non-hydrogen) atoms. The highest BCUT2D eigenvalue weighted by Gasteiger charge is 2.35. The molecule has 2 rings (SSSR count). The molecule has 0 amide bonds. The summed E-state index contributed by atoms with van der Waals surface area (Å²) in [7, 11) is 0. The van der Waals surface area contributed by atoms with Gasteiger partial charge in [0.2, 0.25) is 0 Å². The van der Waals surface area contributed by atoms with Crippen LogP contribution in [0.5, 0.6) is 0 Å². The standard InChI is InChI=1S/C14H9F3N4O4S/c15-14(16,17)11-7-10(21(24)25)5-6-12(11)19-13(26)18-8-1-3-9(4-2-8)20(22)23/h1-7H,(H2,18,19,26). The lowest BCUT2D eigenvalue weighted by Gasteiger charge is -2.15. The maximum Gasteiger partial charge on any atom is 0.418 e. The van der Waals surface area contributed by atoms with Crippen molar-refractivity contribution in [2.24, 2.45) is 0 Å². The second-order valence-electron chi connectivity index (χ2n) is 4.87. The van der Waals surface area contributed by atoms with Crippen molar-refractivity contribution >= 4 is 40.1 Å². The van der Waals surface area contributed by atoms with Crippen LogP contribution in [0.25, 0.3) is 0 Å². The number of nitrogens with zero attached hydrogens (tertiary/aromatic N) is 2. The summed E-state index contributed by atoms with van der Waals surface area (Å²) < 4.78 is 39.3. The van der Waals surface area contributed by atoms with Crippen LogP contribution in [0.2, 0.25) is 0 Å². The third kappa shape index (κ3) is 4.63. The molecule has 0 radical (unpaired) electrons. The van der Waals surface area contributed by atoms with Gasteiger partial charge in [-0.05, 0) is 30.4 Å². The van der Waals surface area contributed by atoms with Crippen LogP contribution in [0, 0.1) is 20.2 Å². The van der Waals surface area contributed by atoms with E-state index in [2.05, 4.69) is 10.6 Å². The number of alkyl halides is 3. The first-order valence-corrected chi connectivity index (χ1v) is 7.17. The van der Waals surface area contributed by atoms with Crippen LogP contribution in [-0.2, 0) is 6.18 Å². The maximum absolute atomic E-state index is 13.1. The molecule has 0 unspecified atom stereocenters. The fourth-order valence-corrected chi connectivity index (χ4v) is 2.17. The van der Waals surface area contributed by atoms with E-state index in [0.29, 0.717) is 11.8 Å². The van der Waals surface area contributed by atoms with E-state index in [9.17, 15) is 33.4 Å². The molecule has 8 nitrogen and oxygen atoms in total. The molecule has 2 aromatic carbocycles. The van der Waals surface area contributed by atoms with E-state index >= 15 is 0 Å². The molecule has 0 aliphatic rings. The van der Waals surface area contributed by atoms with Gasteiger partial charge in [-0.3, -0.25) is 20.2 Å². The number of nitro benzene ring substituents is 2. The van der Waals surface area contributed by atoms with Crippen molar-refractivity contribution in [3.63, 3.8) is 0 Å². The summed E-state index contributed by atoms with van der Waals surface area (Å²) in [5, 5.41) is 25.9. The summed E-state index contributed by atoms with van der Waals surface area (Å²) in [6.45, 7) is 0. The first-order chi connectivity index (χ1) is 12.1. The van der Waals surface area contributed by atoms with Gasteiger partial charge in [0.1, 0.15) is 0 Å². The van der Waals surface area contributed by atoms with Crippen molar-refractivity contribution in [1.82, 2.24) is 0 Å². The average Bonchev–Trinajstić information content (AvgIpc) is 2.54. The van der Waals surface area contributed by atoms with Crippen LogP contribution >= 0.6 is 12.2 Å². The van der Waals surface area contributed by atoms with Crippen molar-refractivity contribution in [2.75, 3.05) is 10.6 Å². The number of thiocarbonyl (C=S) groups is 1. The summed E-state index contributed by atoms with van der Waals surface area (Å²) in [6, 6.07) is 7.24. The van der Waals surface area contributed by atoms with Crippen molar-refractivity contribution < 1.29 is 23.0 Å². The molecule has 0 aliphatic carbocycles. The molecule has 0 aromatic heterocycles. The maximum atomic E-state index is 13.1. The number of anilines is 2. The smallest absolute Gasteiger partial charge is 0.332 e. The molecule has 0 bridgehead atoms. The highest BCUT2D eigenvalue weighted by Crippen LogP contribution is 2.37. The van der Waals surface area contributed by atoms with Gasteiger partial charge >= 0.3 is 6.18 Å². The van der Waals surface area contributed by atoms with Crippen molar-refractivity contribution in [1.29, 1.82) is 0 Å². The third-order valence-corrected chi connectivity index (χ3v) is 3.31. The largest absolute Gasteiger partial charge is 0.418 e. The monoisotopic (exact) mass is 386 g/mol. The predicted octanol–water partition coefficient (Wildman–Crippen LogP) is 4.33. The van der Waals surface area contributed by atoms with Crippen LogP contribution in [0.1, 0.15) is 5.56 Å². The van der Waals surface area contributed by atoms with Crippen LogP contribution in [0.3, 0.4) is 0 Å². The Morgan fingerprint density at radius 1 is 0.923 bits per heavy atom. The van der Waals surface area contributed by atoms with E-state index in [1.54, 1.807) is 0 Å². The molecule has 0 fully saturated rings. The number of benzene rings is 2. The van der Waals surface area contributed by atoms with Gasteiger partial charge in [-0.15, -0.1) is 0 Å². The highest BCUT2D eigenvalue weighted by atomic mass is 32.1. The van der Waals surface area contributed by atoms with E-state index in [1.807, 2.05) is 0 Å². The molecular weight excluding hydrogens is 377 g/mol. The molecule has 0 saturated carbocycles. The van der Waals surface area contributed by atoms with E-state index in [0.717, 1.165) is 12.1 Å². The van der Waals surface area contributed by atoms with Crippen LogP contribution in [0.4, 0.5) is 35.9 Å². The Kier molecular flexibility index (Phi) is 5.35. The Balaban J connectivity index is 2.20. The number of hydrogen-bond acceptors (Lipinski definition) is 5. The number of non-ortho nitro benzene ring substituents is 2. The Morgan fingerprint density at radius 2 is 1.46 bits per heavy atom. The Morgan fingerprint density at radius 3 is 1.96 bits per heavy atom. The average molecular weight is 386 g/mol. The summed E-state index contributed by atoms with van der Waals surface area (Å²) >= 11 is 4.91. The second kappa shape index (κ2) is 7.31. The molecule has 0 spiro atoms. The topological polar surface area (TPSA) is 110 Å². The molecule has 0 aliphatic heterocycles. The number of nitrogens with one attached hydrogen (secondary N) is 2. The van der Waals surface area contributed by atoms with Crippen molar-refractivity contribution in [3.05, 3.63) is 68.3 Å². The summed E-state index contributed by atoms with van der Waals surface area (Å²) in [4.78, 5) is 19.7. The summed E-state index contributed by atoms with van der Waals surface area (Å²) in [5.41, 5.74) is -2.29. The minimum absolute atomic E-state index is 0.163. The number of hydrogen-bond donors (Lipinski definition) is 2. The molecule has 2 aromatic rings. The minimum atomic E-state index is -4.84. The van der Waals surface area contributed by atoms with Gasteiger partial charge in [0, 0.05) is 30.0 Å². The van der Waals surface area contributed by atoms with Gasteiger partial charge in [-0.2, -0.15) is 13.2 Å². The molecule has 0 heterocycles. The first-order valence-electron chi connectivity index (χ1n) is 6.76. The first kappa shape index (κ1) is 19.1. The van der Waals surface area contributed by atoms with Crippen LogP contribution in [0.15, 0.2) is 42.5 Å². The van der Waals surface area contributed by atoms with Gasteiger partial charge < -0.3 is 10.6 Å². The zero-order valence-electron chi connectivity index (χ0n) is 12.6. The Labute approximate surface area is 148 Å². The van der Waals surface area contributed by atoms with Gasteiger partial charge in [-0.25, -0.2) is 0 Å². The third-order valence-electron chi connectivity index (χ3n) is 3.10. The molecule has 12 heteroatoms. The van der Waals surface area contributed by atoms with Gasteiger partial charge in [0.25, 0.3) is 11.4 Å². The zero-order valence-corrected chi connectivity index (χ0v) is 13.4. The van der Waals surface area contributed by atoms with Gasteiger partial charge in [0.15, 0.2) is 5.11 Å². The second-order valence-corrected chi connectivity index (χ2v) is 5.28. The summed E-state index contributed by atoms with van der Waals surface area (Å²) in [6.07, 6.45) is -4.84. The normalized spacial score (nSPS) is 10.9. The molecule has 0 atom stereocenters. The Bertz CT molecular complexity index is 871. The lowest BCUT2D eigenvalue weighted by Crippen LogP contribution is -2.21. The van der Waals surface area contributed by atoms with E-state index in [1.165, 1.54) is 24.3 Å². The Hall–Kier alpha value is -3.28. The lowest BCUT2D eigenvalue weighted by molar-refractivity contribution is -0.385. The summed E-state index contributed by atoms with van der Waals surface area (Å²) in [5.74, 6) is 0. The predicted molar refractivity (Wildman–Crippen MR) is 91.0 cm³/mol. The fraction of sp³-hybridized carbons (Fsp3) is 0.0714. The van der Waals surface area contributed by atoms with Gasteiger partial charge in [0.05, 0.1) is 21.1 Å². The molecule has 136 valence electrons. The minimum Gasteiger partial charge on any atom is -0.332 e. The highest BCUT2D eigenvalue weighted by molar-refractivity contribution is 7.80. The van der Waals surface area contributed by atoms with Crippen molar-refractivity contribution in [2.45, 2.75) is 6.18 Å². The van der Waals surface area contributed by atoms with Gasteiger partial charge in [-0.1, -0.05) is 0 Å². The lowest BCUT2D eigenvalue weighted by atomic mass is 10.1. The SMILES string of the molecule is O=[N+]([O-])c1ccc(NC(=S)Nc2ccc([N+](=O)[O-])cc2C(F)(F)F)cc1. The van der Waals surface area contributed by atoms with E-state index in [-0.39, 0.29) is 10.8 Å².